The van der Waals surface area contributed by atoms with Crippen LogP contribution in [0.15, 0.2) is 40.9 Å². The van der Waals surface area contributed by atoms with Crippen LogP contribution in [0.3, 0.4) is 0 Å². The van der Waals surface area contributed by atoms with E-state index in [1.807, 2.05) is 13.8 Å². The number of rotatable bonds is 5. The molecule has 0 saturated heterocycles. The number of nitro groups is 2. The first-order valence-electron chi connectivity index (χ1n) is 7.16. The molecular formula is C14H15N5O6S. The van der Waals surface area contributed by atoms with E-state index in [2.05, 4.69) is 15.3 Å². The van der Waals surface area contributed by atoms with Gasteiger partial charge in [-0.15, -0.1) is 0 Å². The SMILES string of the molecule is CC.N/C(=N/OC(=O)Nc1ccc([N+](=O)[O-])cc1)c1csc([N+](=O)[O-])c1. The highest BCUT2D eigenvalue weighted by atomic mass is 32.1. The third kappa shape index (κ3) is 5.83. The molecule has 0 aliphatic carbocycles. The van der Waals surface area contributed by atoms with Crippen LogP contribution in [-0.4, -0.2) is 21.8 Å². The van der Waals surface area contributed by atoms with Crippen molar-refractivity contribution < 1.29 is 19.5 Å². The Hall–Kier alpha value is -3.54. The third-order valence-electron chi connectivity index (χ3n) is 2.61. The minimum absolute atomic E-state index is 0.126. The molecule has 1 amide bonds. The Kier molecular flexibility index (Phi) is 7.64. The van der Waals surface area contributed by atoms with Gasteiger partial charge in [-0.3, -0.25) is 30.4 Å². The minimum atomic E-state index is -0.975. The van der Waals surface area contributed by atoms with Crippen molar-refractivity contribution in [2.24, 2.45) is 10.9 Å². The average Bonchev–Trinajstić information content (AvgIpc) is 3.12. The summed E-state index contributed by atoms with van der Waals surface area (Å²) in [4.78, 5) is 36.0. The van der Waals surface area contributed by atoms with Gasteiger partial charge in [-0.1, -0.05) is 30.3 Å². The highest BCUT2D eigenvalue weighted by molar-refractivity contribution is 7.13. The van der Waals surface area contributed by atoms with Crippen molar-refractivity contribution >= 4 is 39.6 Å². The Morgan fingerprint density at radius 3 is 2.31 bits per heavy atom. The predicted octanol–water partition coefficient (Wildman–Crippen LogP) is 3.46. The van der Waals surface area contributed by atoms with Gasteiger partial charge in [-0.2, -0.15) is 0 Å². The lowest BCUT2D eigenvalue weighted by Gasteiger charge is -2.02. The summed E-state index contributed by atoms with van der Waals surface area (Å²) in [5.41, 5.74) is 5.93. The topological polar surface area (TPSA) is 163 Å². The summed E-state index contributed by atoms with van der Waals surface area (Å²) in [6.45, 7) is 4.00. The number of carbonyl (C=O) groups is 1. The summed E-state index contributed by atoms with van der Waals surface area (Å²) in [5.74, 6) is -0.210. The van der Waals surface area contributed by atoms with E-state index in [0.717, 1.165) is 11.3 Å². The van der Waals surface area contributed by atoms with Gasteiger partial charge < -0.3 is 5.73 Å². The van der Waals surface area contributed by atoms with Crippen LogP contribution in [-0.2, 0) is 4.84 Å². The van der Waals surface area contributed by atoms with Gasteiger partial charge in [-0.25, -0.2) is 4.79 Å². The molecule has 0 unspecified atom stereocenters. The van der Waals surface area contributed by atoms with Gasteiger partial charge in [0.15, 0.2) is 5.84 Å². The van der Waals surface area contributed by atoms with E-state index in [1.165, 1.54) is 35.7 Å². The van der Waals surface area contributed by atoms with Crippen molar-refractivity contribution in [3.63, 3.8) is 0 Å². The summed E-state index contributed by atoms with van der Waals surface area (Å²) in [5, 5.41) is 28.0. The smallest absolute Gasteiger partial charge is 0.380 e. The zero-order chi connectivity index (χ0) is 19.7. The fourth-order valence-corrected chi connectivity index (χ4v) is 2.22. The maximum Gasteiger partial charge on any atom is 0.437 e. The number of thiophene rings is 1. The molecule has 0 saturated carbocycles. The normalized spacial score (nSPS) is 10.3. The zero-order valence-corrected chi connectivity index (χ0v) is 14.6. The molecule has 0 bridgehead atoms. The zero-order valence-electron chi connectivity index (χ0n) is 13.7. The number of nitrogens with one attached hydrogen (secondary N) is 1. The molecule has 0 radical (unpaired) electrons. The molecule has 0 aliphatic heterocycles. The molecule has 0 fully saturated rings. The molecular weight excluding hydrogens is 366 g/mol. The fourth-order valence-electron chi connectivity index (χ4n) is 1.51. The lowest BCUT2D eigenvalue weighted by atomic mass is 10.3. The van der Waals surface area contributed by atoms with Gasteiger partial charge >= 0.3 is 11.1 Å². The maximum absolute atomic E-state index is 11.5. The molecule has 2 aromatic rings. The Morgan fingerprint density at radius 2 is 1.81 bits per heavy atom. The van der Waals surface area contributed by atoms with Crippen molar-refractivity contribution in [3.8, 4) is 0 Å². The van der Waals surface area contributed by atoms with Crippen molar-refractivity contribution in [1.29, 1.82) is 0 Å². The number of anilines is 1. The molecule has 0 aliphatic rings. The van der Waals surface area contributed by atoms with E-state index in [-0.39, 0.29) is 27.8 Å². The number of carbonyl (C=O) groups excluding carboxylic acids is 1. The first kappa shape index (κ1) is 20.5. The largest absolute Gasteiger partial charge is 0.437 e. The Balaban J connectivity index is 0.00000163. The van der Waals surface area contributed by atoms with Crippen LogP contribution in [0.5, 0.6) is 0 Å². The Labute approximate surface area is 151 Å². The lowest BCUT2D eigenvalue weighted by molar-refractivity contribution is -0.384. The van der Waals surface area contributed by atoms with Crippen LogP contribution in [0.1, 0.15) is 19.4 Å². The number of nitro benzene ring substituents is 1. The number of non-ortho nitro benzene ring substituents is 1. The van der Waals surface area contributed by atoms with E-state index in [1.54, 1.807) is 0 Å². The molecule has 138 valence electrons. The van der Waals surface area contributed by atoms with Crippen molar-refractivity contribution in [1.82, 2.24) is 0 Å². The van der Waals surface area contributed by atoms with Crippen LogP contribution < -0.4 is 11.1 Å². The molecule has 26 heavy (non-hydrogen) atoms. The highest BCUT2D eigenvalue weighted by Gasteiger charge is 2.13. The van der Waals surface area contributed by atoms with E-state index in [0.29, 0.717) is 0 Å². The summed E-state index contributed by atoms with van der Waals surface area (Å²) >= 11 is 0.855. The maximum atomic E-state index is 11.5. The summed E-state index contributed by atoms with van der Waals surface area (Å²) in [7, 11) is 0. The summed E-state index contributed by atoms with van der Waals surface area (Å²) in [6, 6.07) is 6.24. The molecule has 12 heteroatoms. The number of benzene rings is 1. The fraction of sp³-hybridized carbons (Fsp3) is 0.143. The molecule has 3 N–H and O–H groups in total. The van der Waals surface area contributed by atoms with Gasteiger partial charge in [0.2, 0.25) is 0 Å². The van der Waals surface area contributed by atoms with E-state index in [4.69, 9.17) is 5.73 Å². The second-order valence-electron chi connectivity index (χ2n) is 4.21. The molecule has 1 aromatic carbocycles. The molecule has 0 atom stereocenters. The number of nitrogens with two attached hydrogens (primary N) is 1. The number of amides is 1. The van der Waals surface area contributed by atoms with E-state index < -0.39 is 15.9 Å². The number of hydrogen-bond acceptors (Lipinski definition) is 8. The second kappa shape index (κ2) is 9.68. The standard InChI is InChI=1S/C12H9N5O6S.C2H6/c13-11(7-5-10(17(21)22)24-6-7)15-23-12(18)14-8-1-3-9(4-2-8)16(19)20;1-2/h1-6H,(H2,13,15)(H,14,18);1-2H3. The molecule has 0 spiro atoms. The van der Waals surface area contributed by atoms with E-state index in [9.17, 15) is 25.0 Å². The third-order valence-corrected chi connectivity index (χ3v) is 3.49. The monoisotopic (exact) mass is 381 g/mol. The van der Waals surface area contributed by atoms with Crippen molar-refractivity contribution in [3.05, 3.63) is 61.5 Å². The quantitative estimate of drug-likeness (QED) is 0.263. The summed E-state index contributed by atoms with van der Waals surface area (Å²) in [6.07, 6.45) is -0.975. The van der Waals surface area contributed by atoms with Crippen LogP contribution in [0.25, 0.3) is 0 Å². The number of hydrogen-bond donors (Lipinski definition) is 2. The predicted molar refractivity (Wildman–Crippen MR) is 96.2 cm³/mol. The summed E-state index contributed by atoms with van der Waals surface area (Å²) < 4.78 is 0. The van der Waals surface area contributed by atoms with Crippen LogP contribution in [0.2, 0.25) is 0 Å². The first-order chi connectivity index (χ1) is 12.4. The van der Waals surface area contributed by atoms with Crippen LogP contribution in [0, 0.1) is 20.2 Å². The Morgan fingerprint density at radius 1 is 1.19 bits per heavy atom. The molecule has 2 rings (SSSR count). The number of amidine groups is 1. The lowest BCUT2D eigenvalue weighted by Crippen LogP contribution is -2.17. The Bertz CT molecular complexity index is 817. The van der Waals surface area contributed by atoms with Gasteiger partial charge in [0, 0.05) is 34.8 Å². The van der Waals surface area contributed by atoms with E-state index >= 15 is 0 Å². The van der Waals surface area contributed by atoms with Crippen LogP contribution >= 0.6 is 11.3 Å². The molecule has 1 aromatic heterocycles. The second-order valence-corrected chi connectivity index (χ2v) is 5.10. The molecule has 11 nitrogen and oxygen atoms in total. The van der Waals surface area contributed by atoms with Crippen molar-refractivity contribution in [2.75, 3.05) is 5.32 Å². The first-order valence-corrected chi connectivity index (χ1v) is 8.04. The number of oxime groups is 1. The van der Waals surface area contributed by atoms with Gasteiger partial charge in [0.05, 0.1) is 9.85 Å². The minimum Gasteiger partial charge on any atom is -0.380 e. The van der Waals surface area contributed by atoms with Gasteiger partial charge in [-0.05, 0) is 12.1 Å². The van der Waals surface area contributed by atoms with Gasteiger partial charge in [0.1, 0.15) is 0 Å². The average molecular weight is 381 g/mol. The molecule has 1 heterocycles. The highest BCUT2D eigenvalue weighted by Crippen LogP contribution is 2.22. The van der Waals surface area contributed by atoms with Gasteiger partial charge in [0.25, 0.3) is 5.69 Å². The van der Waals surface area contributed by atoms with Crippen molar-refractivity contribution in [2.45, 2.75) is 13.8 Å². The number of nitrogens with zero attached hydrogens (tertiary/aromatic N) is 3. The van der Waals surface area contributed by atoms with Crippen LogP contribution in [0.4, 0.5) is 21.2 Å².